The molecule has 1 heterocycles. The molecule has 0 bridgehead atoms. The fraction of sp³-hybridized carbons (Fsp3) is 0.0357. The average Bonchev–Trinajstić information content (AvgIpc) is 3.67. The van der Waals surface area contributed by atoms with Gasteiger partial charge in [-0.1, -0.05) is 176 Å². The molecule has 1 aliphatic carbocycles. The van der Waals surface area contributed by atoms with Gasteiger partial charge in [-0.05, 0) is 124 Å². The van der Waals surface area contributed by atoms with Crippen molar-refractivity contribution in [1.29, 1.82) is 0 Å². The van der Waals surface area contributed by atoms with Crippen LogP contribution < -0.4 is 0 Å². The van der Waals surface area contributed by atoms with E-state index in [1.54, 1.807) is 0 Å². The van der Waals surface area contributed by atoms with E-state index in [0.717, 1.165) is 51.8 Å². The molecule has 0 spiro atoms. The monoisotopic (exact) mass is 724 g/mol. The standard InChI is InChI=1S/C56H36O/c1-3-17-35(18-4-1)53-48-32-31-37(33-51(48)57-56(53)36-19-5-2-6-20-36)52-44-27-13-15-29-46(44)55(47-30-16-14-28-45(47)52)50-34-49-40-23-8-7-21-38(40)39-22-9-11-25-42(39)54(49)43-26-12-10-24-41(43)50/h1-8,10-21,23-34H,9,22H2. The molecule has 1 aliphatic rings. The number of benzene rings is 10. The van der Waals surface area contributed by atoms with E-state index in [1.807, 2.05) is 0 Å². The molecular formula is C56H36O. The van der Waals surface area contributed by atoms with Crippen LogP contribution >= 0.6 is 0 Å². The van der Waals surface area contributed by atoms with Gasteiger partial charge >= 0.3 is 0 Å². The third kappa shape index (κ3) is 4.82. The molecule has 1 heteroatoms. The summed E-state index contributed by atoms with van der Waals surface area (Å²) in [5.41, 5.74) is 12.0. The lowest BCUT2D eigenvalue weighted by atomic mass is 9.81. The highest BCUT2D eigenvalue weighted by Gasteiger charge is 2.24. The molecule has 0 saturated carbocycles. The number of rotatable bonds is 4. The molecular weight excluding hydrogens is 689 g/mol. The Hall–Kier alpha value is -7.22. The zero-order chi connectivity index (χ0) is 37.5. The quantitative estimate of drug-likeness (QED) is 0.130. The summed E-state index contributed by atoms with van der Waals surface area (Å²) < 4.78 is 6.88. The van der Waals surface area contributed by atoms with Crippen molar-refractivity contribution in [3.63, 3.8) is 0 Å². The molecule has 0 atom stereocenters. The van der Waals surface area contributed by atoms with Crippen LogP contribution in [0.15, 0.2) is 192 Å². The summed E-state index contributed by atoms with van der Waals surface area (Å²) in [6.07, 6.45) is 6.88. The third-order valence-corrected chi connectivity index (χ3v) is 12.3. The minimum atomic E-state index is 0.882. The lowest BCUT2D eigenvalue weighted by molar-refractivity contribution is 0.632. The molecule has 0 unspecified atom stereocenters. The molecule has 0 amide bonds. The smallest absolute Gasteiger partial charge is 0.143 e. The van der Waals surface area contributed by atoms with Crippen LogP contribution in [0.5, 0.6) is 0 Å². The minimum Gasteiger partial charge on any atom is -0.455 e. The Morgan fingerprint density at radius 2 is 0.930 bits per heavy atom. The van der Waals surface area contributed by atoms with Gasteiger partial charge in [0.15, 0.2) is 0 Å². The van der Waals surface area contributed by atoms with E-state index in [1.165, 1.54) is 81.7 Å². The largest absolute Gasteiger partial charge is 0.455 e. The molecule has 266 valence electrons. The number of hydrogen-bond donors (Lipinski definition) is 0. The lowest BCUT2D eigenvalue weighted by Crippen LogP contribution is -1.99. The summed E-state index contributed by atoms with van der Waals surface area (Å²) in [6, 6.07) is 66.5. The van der Waals surface area contributed by atoms with E-state index in [4.69, 9.17) is 4.42 Å². The van der Waals surface area contributed by atoms with Crippen molar-refractivity contribution < 1.29 is 4.42 Å². The Balaban J connectivity index is 1.16. The average molecular weight is 725 g/mol. The van der Waals surface area contributed by atoms with Crippen molar-refractivity contribution >= 4 is 70.9 Å². The fourth-order valence-corrected chi connectivity index (χ4v) is 9.91. The van der Waals surface area contributed by atoms with Gasteiger partial charge in [0.25, 0.3) is 0 Å². The highest BCUT2D eigenvalue weighted by atomic mass is 16.3. The van der Waals surface area contributed by atoms with Gasteiger partial charge in [0.1, 0.15) is 11.3 Å². The first-order valence-corrected chi connectivity index (χ1v) is 20.0. The second-order valence-electron chi connectivity index (χ2n) is 15.4. The van der Waals surface area contributed by atoms with E-state index in [9.17, 15) is 0 Å². The Labute approximate surface area is 330 Å². The maximum Gasteiger partial charge on any atom is 0.143 e. The second kappa shape index (κ2) is 12.7. The van der Waals surface area contributed by atoms with Crippen molar-refractivity contribution in [1.82, 2.24) is 0 Å². The normalized spacial score (nSPS) is 12.7. The van der Waals surface area contributed by atoms with Crippen LogP contribution in [0.2, 0.25) is 0 Å². The second-order valence-corrected chi connectivity index (χ2v) is 15.4. The van der Waals surface area contributed by atoms with Gasteiger partial charge in [-0.3, -0.25) is 0 Å². The van der Waals surface area contributed by atoms with Gasteiger partial charge in [-0.15, -0.1) is 0 Å². The van der Waals surface area contributed by atoms with Crippen LogP contribution in [0, 0.1) is 0 Å². The summed E-state index contributed by atoms with van der Waals surface area (Å²) >= 11 is 0. The SMILES string of the molecule is C1=Cc2c(c3ccccc3c3cc(-c4c5ccccc5c(-c5ccc6c(-c7ccccc7)c(-c7ccccc7)oc6c5)c5ccccc45)c4ccccc4c23)CC1. The topological polar surface area (TPSA) is 13.1 Å². The van der Waals surface area contributed by atoms with E-state index < -0.39 is 0 Å². The zero-order valence-electron chi connectivity index (χ0n) is 31.3. The summed E-state index contributed by atoms with van der Waals surface area (Å²) in [5, 5.41) is 14.0. The molecule has 0 saturated heterocycles. The Morgan fingerprint density at radius 1 is 0.368 bits per heavy atom. The fourth-order valence-electron chi connectivity index (χ4n) is 9.91. The van der Waals surface area contributed by atoms with E-state index >= 15 is 0 Å². The third-order valence-electron chi connectivity index (χ3n) is 12.3. The molecule has 1 nitrogen and oxygen atoms in total. The van der Waals surface area contributed by atoms with Gasteiger partial charge in [0, 0.05) is 16.5 Å². The number of aryl methyl sites for hydroxylation is 1. The Bertz CT molecular complexity index is 3380. The lowest BCUT2D eigenvalue weighted by Gasteiger charge is -2.22. The first kappa shape index (κ1) is 32.1. The van der Waals surface area contributed by atoms with Crippen molar-refractivity contribution in [2.45, 2.75) is 12.8 Å². The molecule has 0 radical (unpaired) electrons. The molecule has 10 aromatic carbocycles. The molecule has 11 aromatic rings. The van der Waals surface area contributed by atoms with E-state index in [2.05, 4.69) is 194 Å². The summed E-state index contributed by atoms with van der Waals surface area (Å²) in [4.78, 5) is 0. The Kier molecular flexibility index (Phi) is 7.12. The molecule has 1 aromatic heterocycles. The predicted molar refractivity (Wildman–Crippen MR) is 243 cm³/mol. The molecule has 12 rings (SSSR count). The van der Waals surface area contributed by atoms with E-state index in [-0.39, 0.29) is 0 Å². The van der Waals surface area contributed by atoms with Crippen molar-refractivity contribution in [3.05, 3.63) is 199 Å². The van der Waals surface area contributed by atoms with Crippen LogP contribution in [0.25, 0.3) is 116 Å². The number of fused-ring (bicyclic) bond motifs is 11. The van der Waals surface area contributed by atoms with Gasteiger partial charge < -0.3 is 4.42 Å². The molecule has 0 fully saturated rings. The Morgan fingerprint density at radius 3 is 1.61 bits per heavy atom. The van der Waals surface area contributed by atoms with Crippen LogP contribution in [0.4, 0.5) is 0 Å². The van der Waals surface area contributed by atoms with Crippen molar-refractivity contribution in [2.75, 3.05) is 0 Å². The van der Waals surface area contributed by atoms with Crippen LogP contribution in [0.1, 0.15) is 17.5 Å². The van der Waals surface area contributed by atoms with Gasteiger partial charge in [-0.25, -0.2) is 0 Å². The van der Waals surface area contributed by atoms with Gasteiger partial charge in [-0.2, -0.15) is 0 Å². The predicted octanol–water partition coefficient (Wildman–Crippen LogP) is 15.8. The molecule has 57 heavy (non-hydrogen) atoms. The van der Waals surface area contributed by atoms with Crippen molar-refractivity contribution in [3.8, 4) is 44.7 Å². The van der Waals surface area contributed by atoms with Crippen LogP contribution in [-0.4, -0.2) is 0 Å². The summed E-state index contributed by atoms with van der Waals surface area (Å²) in [6.45, 7) is 0. The first-order valence-electron chi connectivity index (χ1n) is 20.0. The maximum absolute atomic E-state index is 6.88. The van der Waals surface area contributed by atoms with E-state index in [0.29, 0.717) is 0 Å². The number of hydrogen-bond acceptors (Lipinski definition) is 1. The molecule has 0 aliphatic heterocycles. The first-order chi connectivity index (χ1) is 28.3. The van der Waals surface area contributed by atoms with Crippen LogP contribution in [0.3, 0.4) is 0 Å². The highest BCUT2D eigenvalue weighted by molar-refractivity contribution is 6.29. The maximum atomic E-state index is 6.88. The minimum absolute atomic E-state index is 0.882. The number of allylic oxidation sites excluding steroid dienone is 1. The van der Waals surface area contributed by atoms with Crippen molar-refractivity contribution in [2.24, 2.45) is 0 Å². The molecule has 0 N–H and O–H groups in total. The van der Waals surface area contributed by atoms with Crippen LogP contribution in [-0.2, 0) is 6.42 Å². The highest BCUT2D eigenvalue weighted by Crippen LogP contribution is 2.50. The summed E-state index contributed by atoms with van der Waals surface area (Å²) in [7, 11) is 0. The zero-order valence-corrected chi connectivity index (χ0v) is 31.3. The van der Waals surface area contributed by atoms with Gasteiger partial charge in [0.2, 0.25) is 0 Å². The summed E-state index contributed by atoms with van der Waals surface area (Å²) in [5.74, 6) is 0.895. The number of furan rings is 1. The van der Waals surface area contributed by atoms with Gasteiger partial charge in [0.05, 0.1) is 0 Å².